The summed E-state index contributed by atoms with van der Waals surface area (Å²) in [5.74, 6) is 0. The number of carbonyl (C=O) groups excluding carboxylic acids is 1. The van der Waals surface area contributed by atoms with Gasteiger partial charge in [0.2, 0.25) is 0 Å². The second-order valence-electron chi connectivity index (χ2n) is 7.27. The first-order valence-electron chi connectivity index (χ1n) is 9.45. The van der Waals surface area contributed by atoms with Gasteiger partial charge in [-0.3, -0.25) is 0 Å². The molecule has 1 N–H and O–H groups in total. The predicted molar refractivity (Wildman–Crippen MR) is 109 cm³/mol. The summed E-state index contributed by atoms with van der Waals surface area (Å²) in [4.78, 5) is 15.1. The van der Waals surface area contributed by atoms with Crippen molar-refractivity contribution in [1.29, 1.82) is 0 Å². The van der Waals surface area contributed by atoms with Gasteiger partial charge < -0.3 is 14.8 Å². The molecule has 0 radical (unpaired) electrons. The highest BCUT2D eigenvalue weighted by molar-refractivity contribution is 5.90. The Labute approximate surface area is 160 Å². The summed E-state index contributed by atoms with van der Waals surface area (Å²) in [5.41, 5.74) is 5.60. The Morgan fingerprint density at radius 3 is 2.63 bits per heavy atom. The van der Waals surface area contributed by atoms with Crippen molar-refractivity contribution in [3.05, 3.63) is 89.2 Å². The number of fused-ring (bicyclic) bond motifs is 1. The third kappa shape index (κ3) is 3.61. The average Bonchev–Trinajstić information content (AvgIpc) is 3.14. The monoisotopic (exact) mass is 359 g/mol. The van der Waals surface area contributed by atoms with Crippen LogP contribution in [-0.4, -0.2) is 22.0 Å². The topological polar surface area (TPSA) is 37.3 Å². The molecule has 1 aliphatic rings. The van der Waals surface area contributed by atoms with Crippen LogP contribution in [0, 0.1) is 13.8 Å². The number of anilines is 1. The van der Waals surface area contributed by atoms with Crippen LogP contribution in [0.1, 0.15) is 28.4 Å². The van der Waals surface area contributed by atoms with Crippen LogP contribution >= 0.6 is 0 Å². The zero-order valence-electron chi connectivity index (χ0n) is 15.9. The van der Waals surface area contributed by atoms with E-state index in [1.807, 2.05) is 30.0 Å². The van der Waals surface area contributed by atoms with Crippen LogP contribution in [0.4, 0.5) is 10.5 Å². The molecular formula is C23H25N3O. The van der Waals surface area contributed by atoms with Crippen molar-refractivity contribution in [2.24, 2.45) is 0 Å². The number of nitrogens with zero attached hydrogens (tertiary/aromatic N) is 2. The van der Waals surface area contributed by atoms with Gasteiger partial charge >= 0.3 is 6.03 Å². The van der Waals surface area contributed by atoms with Crippen molar-refractivity contribution in [1.82, 2.24) is 9.47 Å². The maximum Gasteiger partial charge on any atom is 0.322 e. The zero-order chi connectivity index (χ0) is 18.8. The lowest BCUT2D eigenvalue weighted by Gasteiger charge is -2.37. The van der Waals surface area contributed by atoms with Crippen LogP contribution in [0.15, 0.2) is 66.9 Å². The molecule has 4 rings (SSSR count). The van der Waals surface area contributed by atoms with Crippen LogP contribution in [0.25, 0.3) is 0 Å². The SMILES string of the molecule is Cc1ccc(NC(=O)N2CCn3cccc3[C@@H]2Cc2ccccc2)c(C)c1. The minimum Gasteiger partial charge on any atom is -0.348 e. The quantitative estimate of drug-likeness (QED) is 0.707. The minimum atomic E-state index is -0.0321. The number of benzene rings is 2. The fourth-order valence-electron chi connectivity index (χ4n) is 3.90. The lowest BCUT2D eigenvalue weighted by Crippen LogP contribution is -2.44. The molecule has 0 saturated carbocycles. The van der Waals surface area contributed by atoms with Gasteiger partial charge in [0.05, 0.1) is 6.04 Å². The van der Waals surface area contributed by atoms with E-state index in [1.165, 1.54) is 16.8 Å². The molecule has 27 heavy (non-hydrogen) atoms. The molecule has 0 fully saturated rings. The number of amides is 2. The van der Waals surface area contributed by atoms with Crippen LogP contribution in [0.2, 0.25) is 0 Å². The number of hydrogen-bond donors (Lipinski definition) is 1. The molecule has 2 heterocycles. The molecule has 1 aliphatic heterocycles. The van der Waals surface area contributed by atoms with E-state index in [2.05, 4.69) is 65.5 Å². The van der Waals surface area contributed by atoms with Crippen LogP contribution in [0.5, 0.6) is 0 Å². The van der Waals surface area contributed by atoms with E-state index in [9.17, 15) is 4.79 Å². The minimum absolute atomic E-state index is 0.0295. The fraction of sp³-hybridized carbons (Fsp3) is 0.261. The molecule has 1 atom stereocenters. The van der Waals surface area contributed by atoms with Gasteiger partial charge in [0.15, 0.2) is 0 Å². The van der Waals surface area contributed by atoms with Crippen molar-refractivity contribution < 1.29 is 4.79 Å². The van der Waals surface area contributed by atoms with E-state index in [1.54, 1.807) is 0 Å². The van der Waals surface area contributed by atoms with Crippen LogP contribution in [0.3, 0.4) is 0 Å². The Kier molecular flexibility index (Phi) is 4.71. The molecule has 3 aromatic rings. The number of aryl methyl sites for hydroxylation is 2. The molecule has 0 bridgehead atoms. The molecule has 0 aliphatic carbocycles. The molecular weight excluding hydrogens is 334 g/mol. The van der Waals surface area contributed by atoms with Crippen molar-refractivity contribution in [2.45, 2.75) is 32.9 Å². The van der Waals surface area contributed by atoms with Crippen molar-refractivity contribution in [3.8, 4) is 0 Å². The van der Waals surface area contributed by atoms with Crippen molar-refractivity contribution in [3.63, 3.8) is 0 Å². The first kappa shape index (κ1) is 17.4. The van der Waals surface area contributed by atoms with E-state index in [4.69, 9.17) is 0 Å². The number of carbonyl (C=O) groups is 1. The second kappa shape index (κ2) is 7.31. The summed E-state index contributed by atoms with van der Waals surface area (Å²) in [6.45, 7) is 5.63. The average molecular weight is 359 g/mol. The fourth-order valence-corrected chi connectivity index (χ4v) is 3.90. The predicted octanol–water partition coefficient (Wildman–Crippen LogP) is 4.94. The molecule has 2 amide bonds. The number of nitrogens with one attached hydrogen (secondary N) is 1. The molecule has 2 aromatic carbocycles. The van der Waals surface area contributed by atoms with E-state index in [-0.39, 0.29) is 12.1 Å². The zero-order valence-corrected chi connectivity index (χ0v) is 15.9. The number of hydrogen-bond acceptors (Lipinski definition) is 1. The molecule has 1 aromatic heterocycles. The van der Waals surface area contributed by atoms with Crippen molar-refractivity contribution >= 4 is 11.7 Å². The van der Waals surface area contributed by atoms with Crippen molar-refractivity contribution in [2.75, 3.05) is 11.9 Å². The summed E-state index contributed by atoms with van der Waals surface area (Å²) in [6.07, 6.45) is 2.91. The molecule has 4 heteroatoms. The summed E-state index contributed by atoms with van der Waals surface area (Å²) in [6, 6.07) is 20.7. The third-order valence-corrected chi connectivity index (χ3v) is 5.32. The first-order chi connectivity index (χ1) is 13.1. The normalized spacial score (nSPS) is 16.1. The highest BCUT2D eigenvalue weighted by atomic mass is 16.2. The van der Waals surface area contributed by atoms with Gasteiger partial charge in [-0.05, 0) is 49.6 Å². The van der Waals surface area contributed by atoms with Gasteiger partial charge in [0.1, 0.15) is 0 Å². The molecule has 0 saturated heterocycles. The molecule has 4 nitrogen and oxygen atoms in total. The lowest BCUT2D eigenvalue weighted by atomic mass is 10.0. The smallest absolute Gasteiger partial charge is 0.322 e. The standard InChI is InChI=1S/C23H25N3O/c1-17-10-11-20(18(2)15-17)24-23(27)26-14-13-25-12-6-9-21(25)22(26)16-19-7-4-3-5-8-19/h3-12,15,22H,13-14,16H2,1-2H3,(H,24,27)/t22-/m0/s1. The Balaban J connectivity index is 1.60. The van der Waals surface area contributed by atoms with E-state index >= 15 is 0 Å². The molecule has 0 unspecified atom stereocenters. The third-order valence-electron chi connectivity index (χ3n) is 5.32. The van der Waals surface area contributed by atoms with Gasteiger partial charge in [0.25, 0.3) is 0 Å². The second-order valence-corrected chi connectivity index (χ2v) is 7.27. The summed E-state index contributed by atoms with van der Waals surface area (Å²) in [5, 5.41) is 3.12. The number of rotatable bonds is 3. The largest absolute Gasteiger partial charge is 0.348 e. The maximum atomic E-state index is 13.1. The number of urea groups is 1. The Bertz CT molecular complexity index is 945. The van der Waals surface area contributed by atoms with Crippen LogP contribution < -0.4 is 5.32 Å². The summed E-state index contributed by atoms with van der Waals surface area (Å²) in [7, 11) is 0. The Morgan fingerprint density at radius 1 is 1.04 bits per heavy atom. The maximum absolute atomic E-state index is 13.1. The van der Waals surface area contributed by atoms with E-state index < -0.39 is 0 Å². The van der Waals surface area contributed by atoms with Gasteiger partial charge in [-0.25, -0.2) is 4.79 Å². The van der Waals surface area contributed by atoms with Gasteiger partial charge in [-0.2, -0.15) is 0 Å². The van der Waals surface area contributed by atoms with E-state index in [0.29, 0.717) is 6.54 Å². The summed E-state index contributed by atoms with van der Waals surface area (Å²) >= 11 is 0. The first-order valence-corrected chi connectivity index (χ1v) is 9.45. The van der Waals surface area contributed by atoms with Gasteiger partial charge in [-0.15, -0.1) is 0 Å². The Hall–Kier alpha value is -3.01. The lowest BCUT2D eigenvalue weighted by molar-refractivity contribution is 0.167. The van der Waals surface area contributed by atoms with Crippen LogP contribution in [-0.2, 0) is 13.0 Å². The highest BCUT2D eigenvalue weighted by Gasteiger charge is 2.31. The number of aromatic nitrogens is 1. The highest BCUT2D eigenvalue weighted by Crippen LogP contribution is 2.30. The Morgan fingerprint density at radius 2 is 1.85 bits per heavy atom. The molecule has 138 valence electrons. The summed E-state index contributed by atoms with van der Waals surface area (Å²) < 4.78 is 2.26. The molecule has 0 spiro atoms. The van der Waals surface area contributed by atoms with Gasteiger partial charge in [0, 0.05) is 30.7 Å². The van der Waals surface area contributed by atoms with E-state index in [0.717, 1.165) is 24.2 Å². The van der Waals surface area contributed by atoms with Gasteiger partial charge in [-0.1, -0.05) is 48.0 Å².